The summed E-state index contributed by atoms with van der Waals surface area (Å²) in [5.74, 6) is -0.218. The van der Waals surface area contributed by atoms with E-state index in [9.17, 15) is 4.79 Å². The summed E-state index contributed by atoms with van der Waals surface area (Å²) in [6.45, 7) is 6.82. The van der Waals surface area contributed by atoms with Gasteiger partial charge < -0.3 is 10.1 Å². The van der Waals surface area contributed by atoms with E-state index in [0.29, 0.717) is 12.2 Å². The Labute approximate surface area is 116 Å². The number of hydrogen-bond donors (Lipinski definition) is 1. The van der Waals surface area contributed by atoms with Crippen molar-refractivity contribution in [2.45, 2.75) is 39.5 Å². The van der Waals surface area contributed by atoms with Crippen LogP contribution in [0.25, 0.3) is 0 Å². The minimum Gasteiger partial charge on any atom is -0.462 e. The van der Waals surface area contributed by atoms with Crippen molar-refractivity contribution >= 4 is 5.97 Å². The van der Waals surface area contributed by atoms with E-state index in [0.717, 1.165) is 37.9 Å². The normalized spacial score (nSPS) is 10.4. The van der Waals surface area contributed by atoms with Crippen molar-refractivity contribution in [1.82, 2.24) is 5.32 Å². The largest absolute Gasteiger partial charge is 0.462 e. The fourth-order valence-electron chi connectivity index (χ4n) is 1.77. The number of aryl methyl sites for hydroxylation is 1. The Hall–Kier alpha value is -1.35. The summed E-state index contributed by atoms with van der Waals surface area (Å²) in [6, 6.07) is 7.48. The third kappa shape index (κ3) is 6.97. The van der Waals surface area contributed by atoms with Crippen molar-refractivity contribution in [2.75, 3.05) is 19.7 Å². The summed E-state index contributed by atoms with van der Waals surface area (Å²) in [5, 5.41) is 3.36. The van der Waals surface area contributed by atoms with E-state index in [-0.39, 0.29) is 5.97 Å². The molecule has 0 radical (unpaired) electrons. The lowest BCUT2D eigenvalue weighted by Gasteiger charge is -2.05. The molecule has 19 heavy (non-hydrogen) atoms. The first-order valence-electron chi connectivity index (χ1n) is 7.18. The summed E-state index contributed by atoms with van der Waals surface area (Å²) in [4.78, 5) is 11.7. The second kappa shape index (κ2) is 9.56. The topological polar surface area (TPSA) is 38.3 Å². The first kappa shape index (κ1) is 15.7. The van der Waals surface area contributed by atoms with Gasteiger partial charge in [0.05, 0.1) is 12.2 Å². The number of esters is 1. The third-order valence-corrected chi connectivity index (χ3v) is 2.95. The standard InChI is InChI=1S/C16H25NO2/c1-3-11-17-12-5-4-6-13-19-16(18)15-9-7-14(2)8-10-15/h7-10,17H,3-6,11-13H2,1-2H3. The molecule has 0 fully saturated rings. The molecule has 1 aromatic rings. The first-order chi connectivity index (χ1) is 9.24. The molecule has 0 unspecified atom stereocenters. The fraction of sp³-hybridized carbons (Fsp3) is 0.562. The predicted octanol–water partition coefficient (Wildman–Crippen LogP) is 3.32. The molecule has 0 saturated carbocycles. The number of carbonyl (C=O) groups is 1. The maximum atomic E-state index is 11.7. The molecule has 0 aliphatic rings. The number of ether oxygens (including phenoxy) is 1. The molecule has 0 spiro atoms. The molecule has 0 amide bonds. The second-order valence-corrected chi connectivity index (χ2v) is 4.81. The van der Waals surface area contributed by atoms with E-state index in [1.54, 1.807) is 0 Å². The quantitative estimate of drug-likeness (QED) is 0.548. The van der Waals surface area contributed by atoms with Crippen molar-refractivity contribution in [1.29, 1.82) is 0 Å². The van der Waals surface area contributed by atoms with E-state index >= 15 is 0 Å². The highest BCUT2D eigenvalue weighted by Crippen LogP contribution is 2.05. The summed E-state index contributed by atoms with van der Waals surface area (Å²) >= 11 is 0. The van der Waals surface area contributed by atoms with Crippen LogP contribution in [0.5, 0.6) is 0 Å². The van der Waals surface area contributed by atoms with E-state index < -0.39 is 0 Å². The van der Waals surface area contributed by atoms with Gasteiger partial charge in [0, 0.05) is 0 Å². The zero-order valence-corrected chi connectivity index (χ0v) is 12.1. The molecule has 0 bridgehead atoms. The van der Waals surface area contributed by atoms with Crippen molar-refractivity contribution in [3.8, 4) is 0 Å². The molecule has 3 nitrogen and oxygen atoms in total. The minimum absolute atomic E-state index is 0.218. The lowest BCUT2D eigenvalue weighted by Crippen LogP contribution is -2.16. The van der Waals surface area contributed by atoms with E-state index in [4.69, 9.17) is 4.74 Å². The van der Waals surface area contributed by atoms with Gasteiger partial charge >= 0.3 is 5.97 Å². The van der Waals surface area contributed by atoms with Crippen molar-refractivity contribution in [2.24, 2.45) is 0 Å². The Morgan fingerprint density at radius 2 is 1.84 bits per heavy atom. The van der Waals surface area contributed by atoms with Crippen LogP contribution in [-0.2, 0) is 4.74 Å². The van der Waals surface area contributed by atoms with Crippen LogP contribution < -0.4 is 5.32 Å². The van der Waals surface area contributed by atoms with Gasteiger partial charge in [-0.05, 0) is 57.8 Å². The molecular weight excluding hydrogens is 238 g/mol. The number of unbranched alkanes of at least 4 members (excludes halogenated alkanes) is 2. The zero-order chi connectivity index (χ0) is 13.9. The number of benzene rings is 1. The van der Waals surface area contributed by atoms with Crippen LogP contribution in [0.15, 0.2) is 24.3 Å². The van der Waals surface area contributed by atoms with Gasteiger partial charge in [-0.25, -0.2) is 4.79 Å². The molecule has 1 rings (SSSR count). The second-order valence-electron chi connectivity index (χ2n) is 4.81. The first-order valence-corrected chi connectivity index (χ1v) is 7.18. The summed E-state index contributed by atoms with van der Waals surface area (Å²) < 4.78 is 5.24. The molecule has 0 aliphatic heterocycles. The molecule has 0 heterocycles. The maximum Gasteiger partial charge on any atom is 0.338 e. The van der Waals surface area contributed by atoms with Crippen LogP contribution in [-0.4, -0.2) is 25.7 Å². The molecule has 0 aromatic heterocycles. The zero-order valence-electron chi connectivity index (χ0n) is 12.1. The molecule has 1 aromatic carbocycles. The average Bonchev–Trinajstić information content (AvgIpc) is 2.42. The SMILES string of the molecule is CCCNCCCCCOC(=O)c1ccc(C)cc1. The summed E-state index contributed by atoms with van der Waals surface area (Å²) in [7, 11) is 0. The Morgan fingerprint density at radius 1 is 1.11 bits per heavy atom. The van der Waals surface area contributed by atoms with Gasteiger partial charge in [-0.1, -0.05) is 24.6 Å². The molecule has 0 atom stereocenters. The van der Waals surface area contributed by atoms with E-state index in [1.165, 1.54) is 6.42 Å². The van der Waals surface area contributed by atoms with Gasteiger partial charge in [0.2, 0.25) is 0 Å². The lowest BCUT2D eigenvalue weighted by molar-refractivity contribution is 0.0498. The Morgan fingerprint density at radius 3 is 2.53 bits per heavy atom. The van der Waals surface area contributed by atoms with Crippen molar-refractivity contribution in [3.05, 3.63) is 35.4 Å². The van der Waals surface area contributed by atoms with Crippen LogP contribution >= 0.6 is 0 Å². The average molecular weight is 263 g/mol. The van der Waals surface area contributed by atoms with E-state index in [1.807, 2.05) is 31.2 Å². The molecule has 0 aliphatic carbocycles. The Bertz CT molecular complexity index is 360. The fourth-order valence-corrected chi connectivity index (χ4v) is 1.77. The molecule has 106 valence electrons. The monoisotopic (exact) mass is 263 g/mol. The van der Waals surface area contributed by atoms with E-state index in [2.05, 4.69) is 12.2 Å². The molecule has 0 saturated heterocycles. The van der Waals surface area contributed by atoms with Gasteiger partial charge in [-0.3, -0.25) is 0 Å². The Kier molecular flexibility index (Phi) is 7.91. The number of carbonyl (C=O) groups excluding carboxylic acids is 1. The Balaban J connectivity index is 2.06. The number of nitrogens with one attached hydrogen (secondary N) is 1. The van der Waals surface area contributed by atoms with Crippen LogP contribution in [0.4, 0.5) is 0 Å². The van der Waals surface area contributed by atoms with Crippen molar-refractivity contribution < 1.29 is 9.53 Å². The number of rotatable bonds is 9. The van der Waals surface area contributed by atoms with Crippen LogP contribution in [0.2, 0.25) is 0 Å². The highest BCUT2D eigenvalue weighted by Gasteiger charge is 2.05. The highest BCUT2D eigenvalue weighted by atomic mass is 16.5. The van der Waals surface area contributed by atoms with Crippen LogP contribution in [0.3, 0.4) is 0 Å². The summed E-state index contributed by atoms with van der Waals surface area (Å²) in [6.07, 6.45) is 4.35. The number of hydrogen-bond acceptors (Lipinski definition) is 3. The van der Waals surface area contributed by atoms with Gasteiger partial charge in [-0.2, -0.15) is 0 Å². The van der Waals surface area contributed by atoms with Crippen LogP contribution in [0, 0.1) is 6.92 Å². The van der Waals surface area contributed by atoms with Gasteiger partial charge in [0.1, 0.15) is 0 Å². The molecule has 3 heteroatoms. The van der Waals surface area contributed by atoms with Crippen molar-refractivity contribution in [3.63, 3.8) is 0 Å². The lowest BCUT2D eigenvalue weighted by atomic mass is 10.1. The molecular formula is C16H25NO2. The predicted molar refractivity (Wildman–Crippen MR) is 78.5 cm³/mol. The van der Waals surface area contributed by atoms with Crippen LogP contribution in [0.1, 0.15) is 48.5 Å². The summed E-state index contributed by atoms with van der Waals surface area (Å²) in [5.41, 5.74) is 1.78. The van der Waals surface area contributed by atoms with Gasteiger partial charge in [0.15, 0.2) is 0 Å². The maximum absolute atomic E-state index is 11.7. The van der Waals surface area contributed by atoms with Gasteiger partial charge in [-0.15, -0.1) is 0 Å². The third-order valence-electron chi connectivity index (χ3n) is 2.95. The highest BCUT2D eigenvalue weighted by molar-refractivity contribution is 5.89. The smallest absolute Gasteiger partial charge is 0.338 e. The minimum atomic E-state index is -0.218. The molecule has 1 N–H and O–H groups in total. The van der Waals surface area contributed by atoms with Gasteiger partial charge in [0.25, 0.3) is 0 Å².